The highest BCUT2D eigenvalue weighted by Gasteiger charge is 2.43. The van der Waals surface area contributed by atoms with Gasteiger partial charge in [-0.2, -0.15) is 17.0 Å². The summed E-state index contributed by atoms with van der Waals surface area (Å²) >= 11 is 2.00. The lowest BCUT2D eigenvalue weighted by Gasteiger charge is -2.32. The Bertz CT molecular complexity index is 377. The largest absolute Gasteiger partial charge is 0.337 e. The Labute approximate surface area is 119 Å². The fourth-order valence-corrected chi connectivity index (χ4v) is 3.83. The first-order valence-electron chi connectivity index (χ1n) is 7.13. The normalized spacial score (nSPS) is 27.3. The molecule has 1 aliphatic carbocycles. The fraction of sp³-hybridized carbons (Fsp3) is 0.857. The maximum atomic E-state index is 12.1. The van der Waals surface area contributed by atoms with E-state index in [9.17, 15) is 10.1 Å². The third-order valence-electron chi connectivity index (χ3n) is 4.07. The van der Waals surface area contributed by atoms with Gasteiger partial charge in [-0.3, -0.25) is 9.69 Å². The summed E-state index contributed by atoms with van der Waals surface area (Å²) in [5, 5.41) is 12.8. The molecule has 0 bridgehead atoms. The molecule has 1 heterocycles. The molecule has 1 saturated carbocycles. The molecule has 0 spiro atoms. The predicted octanol–water partition coefficient (Wildman–Crippen LogP) is 1.62. The van der Waals surface area contributed by atoms with E-state index >= 15 is 0 Å². The van der Waals surface area contributed by atoms with Crippen molar-refractivity contribution in [2.45, 2.75) is 43.9 Å². The average molecular weight is 281 g/mol. The van der Waals surface area contributed by atoms with Crippen LogP contribution in [-0.2, 0) is 4.79 Å². The summed E-state index contributed by atoms with van der Waals surface area (Å²) in [5.74, 6) is 1.45. The summed E-state index contributed by atoms with van der Waals surface area (Å²) in [6.45, 7) is 6.44. The second-order valence-electron chi connectivity index (χ2n) is 5.77. The molecule has 0 aromatic rings. The van der Waals surface area contributed by atoms with E-state index in [4.69, 9.17) is 0 Å². The summed E-state index contributed by atoms with van der Waals surface area (Å²) in [4.78, 5) is 14.3. The maximum Gasteiger partial charge on any atom is 0.235 e. The van der Waals surface area contributed by atoms with Crippen molar-refractivity contribution in [2.75, 3.05) is 25.4 Å². The highest BCUT2D eigenvalue weighted by molar-refractivity contribution is 8.00. The molecule has 1 N–H and O–H groups in total. The van der Waals surface area contributed by atoms with Crippen LogP contribution in [0, 0.1) is 17.2 Å². The van der Waals surface area contributed by atoms with Gasteiger partial charge in [-0.15, -0.1) is 0 Å². The molecule has 2 rings (SSSR count). The first kappa shape index (κ1) is 14.7. The van der Waals surface area contributed by atoms with Crippen molar-refractivity contribution in [1.29, 1.82) is 5.26 Å². The second kappa shape index (κ2) is 6.15. The van der Waals surface area contributed by atoms with Gasteiger partial charge in [-0.1, -0.05) is 6.92 Å². The van der Waals surface area contributed by atoms with Crippen LogP contribution in [0.25, 0.3) is 0 Å². The summed E-state index contributed by atoms with van der Waals surface area (Å²) in [6, 6.07) is 2.27. The molecule has 5 heteroatoms. The van der Waals surface area contributed by atoms with Crippen LogP contribution in [0.2, 0.25) is 0 Å². The number of nitrogens with zero attached hydrogens (tertiary/aromatic N) is 2. The molecule has 2 atom stereocenters. The van der Waals surface area contributed by atoms with Crippen LogP contribution in [-0.4, -0.2) is 47.0 Å². The Balaban J connectivity index is 1.82. The van der Waals surface area contributed by atoms with Crippen LogP contribution in [0.15, 0.2) is 0 Å². The van der Waals surface area contributed by atoms with Crippen molar-refractivity contribution in [2.24, 2.45) is 5.92 Å². The first-order valence-corrected chi connectivity index (χ1v) is 8.18. The second-order valence-corrected chi connectivity index (χ2v) is 7.18. The summed E-state index contributed by atoms with van der Waals surface area (Å²) in [7, 11) is 0. The Morgan fingerprint density at radius 2 is 2.32 bits per heavy atom. The van der Waals surface area contributed by atoms with Gasteiger partial charge in [0.2, 0.25) is 5.91 Å². The quantitative estimate of drug-likeness (QED) is 0.832. The zero-order valence-electron chi connectivity index (χ0n) is 11.8. The van der Waals surface area contributed by atoms with E-state index in [0.717, 1.165) is 38.1 Å². The number of carbonyl (C=O) groups excluding carboxylic acids is 1. The highest BCUT2D eigenvalue weighted by atomic mass is 32.2. The Hall–Kier alpha value is -0.730. The van der Waals surface area contributed by atoms with Crippen molar-refractivity contribution in [3.05, 3.63) is 0 Å². The van der Waals surface area contributed by atoms with E-state index in [1.54, 1.807) is 0 Å². The lowest BCUT2D eigenvalue weighted by Crippen LogP contribution is -2.51. The van der Waals surface area contributed by atoms with Gasteiger partial charge in [0.25, 0.3) is 0 Å². The molecule has 0 aromatic heterocycles. The zero-order chi connectivity index (χ0) is 13.9. The third kappa shape index (κ3) is 3.87. The summed E-state index contributed by atoms with van der Waals surface area (Å²) in [5.41, 5.74) is -0.661. The van der Waals surface area contributed by atoms with Gasteiger partial charge in [0.15, 0.2) is 0 Å². The van der Waals surface area contributed by atoms with Crippen LogP contribution >= 0.6 is 11.8 Å². The van der Waals surface area contributed by atoms with Crippen LogP contribution in [0.4, 0.5) is 0 Å². The van der Waals surface area contributed by atoms with E-state index < -0.39 is 5.54 Å². The number of nitriles is 1. The number of thioether (sulfide) groups is 1. The van der Waals surface area contributed by atoms with E-state index in [0.29, 0.717) is 17.7 Å². The van der Waals surface area contributed by atoms with Crippen LogP contribution in [0.5, 0.6) is 0 Å². The van der Waals surface area contributed by atoms with Crippen LogP contribution < -0.4 is 5.32 Å². The number of hydrogen-bond acceptors (Lipinski definition) is 4. The highest BCUT2D eigenvalue weighted by Crippen LogP contribution is 2.39. The predicted molar refractivity (Wildman–Crippen MR) is 77.9 cm³/mol. The van der Waals surface area contributed by atoms with Gasteiger partial charge in [-0.05, 0) is 32.1 Å². The fourth-order valence-electron chi connectivity index (χ4n) is 2.59. The third-order valence-corrected chi connectivity index (χ3v) is 5.44. The van der Waals surface area contributed by atoms with Crippen LogP contribution in [0.3, 0.4) is 0 Å². The number of amides is 1. The Morgan fingerprint density at radius 1 is 1.58 bits per heavy atom. The number of hydrogen-bond donors (Lipinski definition) is 1. The van der Waals surface area contributed by atoms with E-state index in [1.165, 1.54) is 0 Å². The topological polar surface area (TPSA) is 56.1 Å². The van der Waals surface area contributed by atoms with E-state index in [-0.39, 0.29) is 5.91 Å². The Morgan fingerprint density at radius 3 is 2.89 bits per heavy atom. The molecule has 0 aromatic carbocycles. The van der Waals surface area contributed by atoms with Gasteiger partial charge in [0, 0.05) is 24.1 Å². The van der Waals surface area contributed by atoms with Crippen LogP contribution in [0.1, 0.15) is 33.1 Å². The van der Waals surface area contributed by atoms with Gasteiger partial charge in [0.1, 0.15) is 5.54 Å². The lowest BCUT2D eigenvalue weighted by atomic mass is 9.98. The van der Waals surface area contributed by atoms with Gasteiger partial charge >= 0.3 is 0 Å². The molecule has 2 unspecified atom stereocenters. The minimum Gasteiger partial charge on any atom is -0.337 e. The average Bonchev–Trinajstić information content (AvgIpc) is 3.23. The monoisotopic (exact) mass is 281 g/mol. The molecule has 2 fully saturated rings. The van der Waals surface area contributed by atoms with Gasteiger partial charge in [-0.25, -0.2) is 0 Å². The number of carbonyl (C=O) groups is 1. The molecule has 106 valence electrons. The van der Waals surface area contributed by atoms with E-state index in [2.05, 4.69) is 23.2 Å². The summed E-state index contributed by atoms with van der Waals surface area (Å²) < 4.78 is 0. The van der Waals surface area contributed by atoms with Gasteiger partial charge in [0.05, 0.1) is 12.6 Å². The van der Waals surface area contributed by atoms with Crippen molar-refractivity contribution in [1.82, 2.24) is 10.2 Å². The molecular weight excluding hydrogens is 258 g/mol. The standard InChI is InChI=1S/C14H23N3OS/c1-3-12-8-17(6-7-19-12)9-13(18)16-14(2,10-15)11-4-5-11/h11-12H,3-9H2,1-2H3,(H,16,18). The minimum absolute atomic E-state index is 0.00213. The van der Waals surface area contributed by atoms with Crippen molar-refractivity contribution in [3.63, 3.8) is 0 Å². The lowest BCUT2D eigenvalue weighted by molar-refractivity contribution is -0.123. The molecule has 19 heavy (non-hydrogen) atoms. The van der Waals surface area contributed by atoms with E-state index in [1.807, 2.05) is 18.7 Å². The smallest absolute Gasteiger partial charge is 0.235 e. The molecule has 1 saturated heterocycles. The van der Waals surface area contributed by atoms with Gasteiger partial charge < -0.3 is 5.32 Å². The maximum absolute atomic E-state index is 12.1. The zero-order valence-corrected chi connectivity index (χ0v) is 12.6. The molecule has 4 nitrogen and oxygen atoms in total. The molecule has 2 aliphatic rings. The van der Waals surface area contributed by atoms with Crippen molar-refractivity contribution < 1.29 is 4.79 Å². The van der Waals surface area contributed by atoms with Crippen molar-refractivity contribution >= 4 is 17.7 Å². The summed E-state index contributed by atoms with van der Waals surface area (Å²) in [6.07, 6.45) is 3.27. The SMILES string of the molecule is CCC1CN(CC(=O)NC(C)(C#N)C2CC2)CCS1. The molecule has 0 radical (unpaired) electrons. The first-order chi connectivity index (χ1) is 9.07. The molecule has 1 amide bonds. The number of nitrogens with one attached hydrogen (secondary N) is 1. The molecular formula is C14H23N3OS. The van der Waals surface area contributed by atoms with Crippen molar-refractivity contribution in [3.8, 4) is 6.07 Å². The Kier molecular flexibility index (Phi) is 4.75. The minimum atomic E-state index is -0.661. The number of rotatable bonds is 5. The molecule has 1 aliphatic heterocycles.